The average Bonchev–Trinajstić information content (AvgIpc) is 3.00. The molecule has 3 saturated carbocycles. The van der Waals surface area contributed by atoms with Crippen LogP contribution in [0.25, 0.3) is 0 Å². The van der Waals surface area contributed by atoms with Crippen LogP contribution >= 0.6 is 8.69 Å². The second-order valence-corrected chi connectivity index (χ2v) is 16.5. The first kappa shape index (κ1) is 30.4. The Morgan fingerprint density at radius 2 is 1.68 bits per heavy atom. The van der Waals surface area contributed by atoms with Crippen LogP contribution in [-0.2, 0) is 24.0 Å². The highest BCUT2D eigenvalue weighted by molar-refractivity contribution is 7.17. The third-order valence-corrected chi connectivity index (χ3v) is 12.3. The van der Waals surface area contributed by atoms with Crippen molar-refractivity contribution in [2.75, 3.05) is 0 Å². The molecule has 6 heteroatoms. The maximum absolute atomic E-state index is 13.8. The van der Waals surface area contributed by atoms with Crippen LogP contribution in [0.4, 0.5) is 0 Å². The van der Waals surface area contributed by atoms with Gasteiger partial charge in [-0.2, -0.15) is 0 Å². The summed E-state index contributed by atoms with van der Waals surface area (Å²) in [5, 5.41) is 4.78. The standard InChI is InChI=1S/C32H53O5P/c1-20-16-24-25(33)17-23-22(30(24,8)19-26(20)35-36-37-38-34)12-15-31(9)27(21(2)18-32(23,31)10)29(6,7)14-11-13-28(3,4)5/h17,20-22,24,26-27H,11-16,18-19H2,1-10H3/t20-,21+,22?,24-,26-,27+,30+,31+,32-/m0/s1. The van der Waals surface area contributed by atoms with Gasteiger partial charge in [0, 0.05) is 5.92 Å². The molecule has 4 rings (SSSR count). The van der Waals surface area contributed by atoms with Crippen LogP contribution in [0.3, 0.4) is 0 Å². The summed E-state index contributed by atoms with van der Waals surface area (Å²) in [6, 6.07) is 0. The Balaban J connectivity index is 1.64. The highest BCUT2D eigenvalue weighted by Crippen LogP contribution is 2.74. The van der Waals surface area contributed by atoms with Gasteiger partial charge in [0.05, 0.1) is 6.10 Å². The number of hydrogen-bond donors (Lipinski definition) is 0. The minimum atomic E-state index is -0.566. The fourth-order valence-corrected chi connectivity index (χ4v) is 10.6. The molecular formula is C32H53O5P. The van der Waals surface area contributed by atoms with Gasteiger partial charge in [-0.15, -0.1) is 4.67 Å². The first-order chi connectivity index (χ1) is 17.5. The van der Waals surface area contributed by atoms with Gasteiger partial charge in [-0.1, -0.05) is 86.3 Å². The first-order valence-electron chi connectivity index (χ1n) is 15.1. The Morgan fingerprint density at radius 1 is 1.00 bits per heavy atom. The fourth-order valence-electron chi connectivity index (χ4n) is 10.5. The number of carbonyl (C=O) groups is 1. The lowest BCUT2D eigenvalue weighted by atomic mass is 9.42. The molecule has 4 aliphatic carbocycles. The number of ketones is 1. The summed E-state index contributed by atoms with van der Waals surface area (Å²) >= 11 is 0. The molecule has 0 amide bonds. The van der Waals surface area contributed by atoms with Crippen LogP contribution in [0.5, 0.6) is 0 Å². The zero-order valence-corrected chi connectivity index (χ0v) is 26.6. The molecule has 0 aromatic carbocycles. The van der Waals surface area contributed by atoms with Crippen LogP contribution in [0, 0.1) is 56.7 Å². The van der Waals surface area contributed by atoms with Crippen LogP contribution in [0.1, 0.15) is 121 Å². The Hall–Kier alpha value is -0.610. The predicted molar refractivity (Wildman–Crippen MR) is 151 cm³/mol. The van der Waals surface area contributed by atoms with E-state index in [9.17, 15) is 9.36 Å². The molecule has 0 spiro atoms. The molecule has 5 nitrogen and oxygen atoms in total. The SMILES string of the molecule is C[C@@H]1C[C@@]2(C)C3=CC(=O)[C@@H]4C[C@H](C)[C@@H](OOOP=O)C[C@]4(C)C3CC[C@]2(C)[C@H]1C(C)(C)CCCC(C)(C)C. The number of rotatable bonds is 8. The van der Waals surface area contributed by atoms with Crippen molar-refractivity contribution in [1.29, 1.82) is 0 Å². The van der Waals surface area contributed by atoms with E-state index in [-0.39, 0.29) is 39.6 Å². The van der Waals surface area contributed by atoms with Crippen LogP contribution in [-0.4, -0.2) is 11.9 Å². The lowest BCUT2D eigenvalue weighted by Crippen LogP contribution is -2.57. The van der Waals surface area contributed by atoms with Gasteiger partial charge in [-0.3, -0.25) is 4.79 Å². The third kappa shape index (κ3) is 5.01. The molecule has 216 valence electrons. The molecule has 1 unspecified atom stereocenters. The van der Waals surface area contributed by atoms with Gasteiger partial charge in [0.2, 0.25) is 0 Å². The molecule has 0 N–H and O–H groups in total. The Kier molecular flexibility index (Phi) is 8.26. The molecule has 0 aliphatic heterocycles. The maximum atomic E-state index is 13.8. The molecule has 0 aromatic heterocycles. The van der Waals surface area contributed by atoms with Crippen LogP contribution < -0.4 is 0 Å². The number of allylic oxidation sites excluding steroid dienone is 2. The van der Waals surface area contributed by atoms with Crippen molar-refractivity contribution >= 4 is 14.5 Å². The van der Waals surface area contributed by atoms with E-state index >= 15 is 0 Å². The van der Waals surface area contributed by atoms with E-state index in [2.05, 4.69) is 80.0 Å². The second-order valence-electron chi connectivity index (χ2n) is 16.2. The summed E-state index contributed by atoms with van der Waals surface area (Å²) in [4.78, 5) is 19.4. The largest absolute Gasteiger partial charge is 0.361 e. The predicted octanol–water partition coefficient (Wildman–Crippen LogP) is 9.32. The van der Waals surface area contributed by atoms with Gasteiger partial charge >= 0.3 is 8.69 Å². The van der Waals surface area contributed by atoms with Gasteiger partial charge in [-0.05, 0) is 102 Å². The normalized spacial score (nSPS) is 43.4. The molecule has 0 saturated heterocycles. The van der Waals surface area contributed by atoms with Crippen molar-refractivity contribution in [3.63, 3.8) is 0 Å². The Morgan fingerprint density at radius 3 is 2.32 bits per heavy atom. The van der Waals surface area contributed by atoms with Crippen molar-refractivity contribution < 1.29 is 24.0 Å². The van der Waals surface area contributed by atoms with E-state index in [1.165, 1.54) is 31.3 Å². The van der Waals surface area contributed by atoms with Crippen molar-refractivity contribution in [2.24, 2.45) is 56.7 Å². The topological polar surface area (TPSA) is 61.8 Å². The molecule has 4 aliphatic rings. The van der Waals surface area contributed by atoms with E-state index in [1.807, 2.05) is 0 Å². The molecule has 38 heavy (non-hydrogen) atoms. The molecule has 0 aromatic rings. The first-order valence-corrected chi connectivity index (χ1v) is 15.8. The molecule has 0 radical (unpaired) electrons. The highest BCUT2D eigenvalue weighted by Gasteiger charge is 2.68. The lowest BCUT2D eigenvalue weighted by Gasteiger charge is -2.62. The van der Waals surface area contributed by atoms with Crippen molar-refractivity contribution in [1.82, 2.24) is 0 Å². The smallest absolute Gasteiger partial charge is 0.295 e. The molecule has 0 heterocycles. The van der Waals surface area contributed by atoms with Crippen molar-refractivity contribution in [2.45, 2.75) is 127 Å². The molecule has 0 bridgehead atoms. The minimum Gasteiger partial charge on any atom is -0.295 e. The fraction of sp³-hybridized carbons (Fsp3) is 0.906. The van der Waals surface area contributed by atoms with Gasteiger partial charge in [0.25, 0.3) is 0 Å². The highest BCUT2D eigenvalue weighted by atomic mass is 31.1. The van der Waals surface area contributed by atoms with E-state index in [0.29, 0.717) is 29.0 Å². The second kappa shape index (κ2) is 10.3. The number of carbonyl (C=O) groups excluding carboxylic acids is 1. The minimum absolute atomic E-state index is 0.0149. The molecular weight excluding hydrogens is 495 g/mol. The van der Waals surface area contributed by atoms with Gasteiger partial charge < -0.3 is 0 Å². The van der Waals surface area contributed by atoms with E-state index < -0.39 is 8.69 Å². The number of fused-ring (bicyclic) bond motifs is 5. The van der Waals surface area contributed by atoms with Crippen LogP contribution in [0.15, 0.2) is 11.6 Å². The summed E-state index contributed by atoms with van der Waals surface area (Å²) in [6.07, 6.45) is 10.7. The zero-order chi connectivity index (χ0) is 28.3. The van der Waals surface area contributed by atoms with Gasteiger partial charge in [0.1, 0.15) is 0 Å². The summed E-state index contributed by atoms with van der Waals surface area (Å²) in [5.41, 5.74) is 2.06. The van der Waals surface area contributed by atoms with E-state index in [4.69, 9.17) is 9.93 Å². The van der Waals surface area contributed by atoms with E-state index in [0.717, 1.165) is 25.7 Å². The summed E-state index contributed by atoms with van der Waals surface area (Å²) < 4.78 is 15.2. The molecule has 3 fully saturated rings. The van der Waals surface area contributed by atoms with Crippen LogP contribution in [0.2, 0.25) is 0 Å². The lowest BCUT2D eigenvalue weighted by molar-refractivity contribution is -0.488. The summed E-state index contributed by atoms with van der Waals surface area (Å²) in [7, 11) is -0.566. The number of hydrogen-bond acceptors (Lipinski definition) is 5. The average molecular weight is 549 g/mol. The van der Waals surface area contributed by atoms with Gasteiger partial charge in [0.15, 0.2) is 5.78 Å². The third-order valence-electron chi connectivity index (χ3n) is 12.1. The Bertz CT molecular complexity index is 952. The maximum Gasteiger partial charge on any atom is 0.361 e. The summed E-state index contributed by atoms with van der Waals surface area (Å²) in [6.45, 7) is 24.1. The zero-order valence-electron chi connectivity index (χ0n) is 25.7. The van der Waals surface area contributed by atoms with Crippen molar-refractivity contribution in [3.05, 3.63) is 11.6 Å². The van der Waals surface area contributed by atoms with Crippen molar-refractivity contribution in [3.8, 4) is 0 Å². The quantitative estimate of drug-likeness (QED) is 0.131. The monoisotopic (exact) mass is 548 g/mol. The van der Waals surface area contributed by atoms with E-state index in [1.54, 1.807) is 0 Å². The Labute approximate surface area is 233 Å². The van der Waals surface area contributed by atoms with Gasteiger partial charge in [-0.25, -0.2) is 9.45 Å². The summed E-state index contributed by atoms with van der Waals surface area (Å²) in [5.74, 6) is 2.10. The molecule has 9 atom stereocenters.